The highest BCUT2D eigenvalue weighted by Gasteiger charge is 2.10. The molecule has 3 rings (SSSR count). The van der Waals surface area contributed by atoms with E-state index >= 15 is 0 Å². The summed E-state index contributed by atoms with van der Waals surface area (Å²) in [7, 11) is 0. The molecule has 23 heavy (non-hydrogen) atoms. The van der Waals surface area contributed by atoms with Gasteiger partial charge in [-0.2, -0.15) is 0 Å². The first kappa shape index (κ1) is 15.0. The average Bonchev–Trinajstić information content (AvgIpc) is 2.59. The summed E-state index contributed by atoms with van der Waals surface area (Å²) in [5.74, 6) is -0.193. The summed E-state index contributed by atoms with van der Waals surface area (Å²) in [5.41, 5.74) is 2.86. The van der Waals surface area contributed by atoms with Crippen LogP contribution in [0.1, 0.15) is 12.5 Å². The Balaban J connectivity index is 2.26. The monoisotopic (exact) mass is 308 g/mol. The molecule has 1 aromatic heterocycles. The summed E-state index contributed by atoms with van der Waals surface area (Å²) in [4.78, 5) is 13.9. The quantitative estimate of drug-likeness (QED) is 0.771. The van der Waals surface area contributed by atoms with Gasteiger partial charge in [0, 0.05) is 5.56 Å². The van der Waals surface area contributed by atoms with E-state index < -0.39 is 5.97 Å². The van der Waals surface area contributed by atoms with Crippen molar-refractivity contribution >= 4 is 16.9 Å². The van der Waals surface area contributed by atoms with Crippen molar-refractivity contribution in [2.45, 2.75) is 13.3 Å². The lowest BCUT2D eigenvalue weighted by atomic mass is 10.1. The van der Waals surface area contributed by atoms with E-state index in [2.05, 4.69) is 11.9 Å². The lowest BCUT2D eigenvalue weighted by Gasteiger charge is -2.04. The van der Waals surface area contributed by atoms with Crippen LogP contribution in [-0.4, -0.2) is 17.6 Å². The van der Waals surface area contributed by atoms with E-state index in [1.165, 1.54) is 5.56 Å². The van der Waals surface area contributed by atoms with E-state index in [1.54, 1.807) is 0 Å². The van der Waals surface area contributed by atoms with Crippen LogP contribution in [0, 0.1) is 0 Å². The number of aliphatic carboxylic acids is 1. The molecule has 0 fully saturated rings. The molecule has 4 heteroatoms. The van der Waals surface area contributed by atoms with Crippen molar-refractivity contribution in [3.63, 3.8) is 0 Å². The van der Waals surface area contributed by atoms with E-state index in [4.69, 9.17) is 9.52 Å². The van der Waals surface area contributed by atoms with Crippen molar-refractivity contribution in [2.75, 3.05) is 6.54 Å². The zero-order valence-corrected chi connectivity index (χ0v) is 12.9. The smallest absolute Gasteiger partial charge is 0.369 e. The summed E-state index contributed by atoms with van der Waals surface area (Å²) >= 11 is 0. The maximum atomic E-state index is 10.9. The van der Waals surface area contributed by atoms with Gasteiger partial charge in [0.05, 0.1) is 11.5 Å². The number of nitrogens with one attached hydrogen (secondary N) is 1. The molecule has 0 amide bonds. The van der Waals surface area contributed by atoms with Crippen LogP contribution in [0.5, 0.6) is 0 Å². The molecule has 0 aliphatic heterocycles. The van der Waals surface area contributed by atoms with Gasteiger partial charge in [0.15, 0.2) is 0 Å². The third kappa shape index (κ3) is 3.31. The van der Waals surface area contributed by atoms with Gasteiger partial charge in [-0.15, -0.1) is 0 Å². The second-order valence-corrected chi connectivity index (χ2v) is 5.32. The van der Waals surface area contributed by atoms with Gasteiger partial charge in [-0.25, -0.2) is 9.79 Å². The fourth-order valence-electron chi connectivity index (χ4n) is 2.52. The van der Waals surface area contributed by atoms with Crippen molar-refractivity contribution in [1.29, 1.82) is 0 Å². The van der Waals surface area contributed by atoms with Crippen LogP contribution in [0.25, 0.3) is 22.3 Å². The van der Waals surface area contributed by atoms with Gasteiger partial charge >= 0.3 is 5.97 Å². The molecule has 2 N–H and O–H groups in total. The zero-order chi connectivity index (χ0) is 16.2. The standard InChI is InChI=1S/C19H17NO3/c1-2-13-8-9-17-15(10-13)16(20-12-19(21)22)11-18(23-17)14-6-4-3-5-7-14/h3-11H,2,12H2,1H3,(H,21,22)/p+1. The van der Waals surface area contributed by atoms with Crippen molar-refractivity contribution in [1.82, 2.24) is 0 Å². The molecular formula is C19H18NO3+. The van der Waals surface area contributed by atoms with Gasteiger partial charge in [-0.1, -0.05) is 43.3 Å². The second-order valence-electron chi connectivity index (χ2n) is 5.32. The Morgan fingerprint density at radius 3 is 2.61 bits per heavy atom. The third-order valence-corrected chi connectivity index (χ3v) is 3.73. The maximum Gasteiger partial charge on any atom is 0.369 e. The molecule has 3 aromatic rings. The van der Waals surface area contributed by atoms with Crippen LogP contribution in [-0.2, 0) is 11.2 Å². The van der Waals surface area contributed by atoms with Crippen molar-refractivity contribution < 1.29 is 19.3 Å². The first-order valence-corrected chi connectivity index (χ1v) is 7.58. The van der Waals surface area contributed by atoms with E-state index in [0.29, 0.717) is 5.76 Å². The minimum atomic E-state index is -0.896. The highest BCUT2D eigenvalue weighted by atomic mass is 16.4. The van der Waals surface area contributed by atoms with E-state index in [9.17, 15) is 4.79 Å². The van der Waals surface area contributed by atoms with Gasteiger partial charge in [0.2, 0.25) is 11.9 Å². The summed E-state index contributed by atoms with van der Waals surface area (Å²) in [6.07, 6.45) is 0.911. The fourth-order valence-corrected chi connectivity index (χ4v) is 2.52. The van der Waals surface area contributed by atoms with E-state index in [0.717, 1.165) is 28.3 Å². The molecule has 0 unspecified atom stereocenters. The molecule has 0 spiro atoms. The van der Waals surface area contributed by atoms with Crippen LogP contribution < -0.4 is 10.3 Å². The Labute approximate surface area is 133 Å². The molecule has 0 radical (unpaired) electrons. The van der Waals surface area contributed by atoms with Gasteiger partial charge in [-0.3, -0.25) is 0 Å². The number of aryl methyl sites for hydroxylation is 1. The van der Waals surface area contributed by atoms with Crippen molar-refractivity contribution in [3.8, 4) is 11.3 Å². The van der Waals surface area contributed by atoms with Crippen LogP contribution in [0.3, 0.4) is 0 Å². The minimum Gasteiger partial charge on any atom is -0.477 e. The molecule has 0 aliphatic carbocycles. The Morgan fingerprint density at radius 2 is 1.91 bits per heavy atom. The molecule has 0 saturated heterocycles. The predicted molar refractivity (Wildman–Crippen MR) is 87.6 cm³/mol. The number of carbonyl (C=O) groups is 1. The Morgan fingerprint density at radius 1 is 1.13 bits per heavy atom. The average molecular weight is 308 g/mol. The first-order chi connectivity index (χ1) is 11.2. The molecule has 116 valence electrons. The molecule has 0 aliphatic rings. The zero-order valence-electron chi connectivity index (χ0n) is 12.9. The Bertz CT molecular complexity index is 911. The maximum absolute atomic E-state index is 10.9. The first-order valence-electron chi connectivity index (χ1n) is 7.58. The topological polar surface area (TPSA) is 64.4 Å². The van der Waals surface area contributed by atoms with Crippen LogP contribution in [0.2, 0.25) is 0 Å². The number of carboxylic acid groups (broad SMARTS) is 1. The highest BCUT2D eigenvalue weighted by molar-refractivity contribution is 5.79. The van der Waals surface area contributed by atoms with Gasteiger partial charge < -0.3 is 9.52 Å². The van der Waals surface area contributed by atoms with Crippen molar-refractivity contribution in [3.05, 3.63) is 65.5 Å². The van der Waals surface area contributed by atoms with Crippen molar-refractivity contribution in [2.24, 2.45) is 0 Å². The second kappa shape index (κ2) is 6.48. The van der Waals surface area contributed by atoms with Gasteiger partial charge in [0.25, 0.3) is 0 Å². The number of fused-ring (bicyclic) bond motifs is 1. The largest absolute Gasteiger partial charge is 0.477 e. The fraction of sp³-hybridized carbons (Fsp3) is 0.158. The molecule has 1 heterocycles. The molecule has 0 atom stereocenters. The number of benzene rings is 2. The summed E-state index contributed by atoms with van der Waals surface area (Å²) in [6, 6.07) is 17.6. The summed E-state index contributed by atoms with van der Waals surface area (Å²) in [6.45, 7) is 1.95. The van der Waals surface area contributed by atoms with Gasteiger partial charge in [0.1, 0.15) is 11.3 Å². The molecule has 2 aromatic carbocycles. The molecular weight excluding hydrogens is 290 g/mol. The minimum absolute atomic E-state index is 0.135. The van der Waals surface area contributed by atoms with Crippen LogP contribution in [0.4, 0.5) is 0 Å². The molecule has 0 bridgehead atoms. The lowest BCUT2D eigenvalue weighted by Crippen LogP contribution is -2.78. The summed E-state index contributed by atoms with van der Waals surface area (Å²) < 4.78 is 6.01. The van der Waals surface area contributed by atoms with Crippen LogP contribution in [0.15, 0.2) is 59.0 Å². The predicted octanol–water partition coefficient (Wildman–Crippen LogP) is 1.73. The van der Waals surface area contributed by atoms with Gasteiger partial charge in [-0.05, 0) is 24.1 Å². The highest BCUT2D eigenvalue weighted by Crippen LogP contribution is 2.22. The SMILES string of the molecule is CCc1ccc2oc(-c3ccccc3)cc(=[NH+]CC(=O)O)c2c1. The van der Waals surface area contributed by atoms with E-state index in [1.807, 2.05) is 54.6 Å². The summed E-state index contributed by atoms with van der Waals surface area (Å²) in [5, 5.41) is 10.6. The number of carboxylic acids is 1. The number of rotatable bonds is 4. The Hall–Kier alpha value is -2.88. The normalized spacial score (nSPS) is 11.8. The number of hydrogen-bond acceptors (Lipinski definition) is 2. The van der Waals surface area contributed by atoms with Crippen LogP contribution >= 0.6 is 0 Å². The van der Waals surface area contributed by atoms with E-state index in [-0.39, 0.29) is 6.54 Å². The molecule has 4 nitrogen and oxygen atoms in total. The lowest BCUT2D eigenvalue weighted by molar-refractivity contribution is -0.488. The molecule has 0 saturated carbocycles. The Kier molecular flexibility index (Phi) is 4.24. The number of hydrogen-bond donors (Lipinski definition) is 2. The third-order valence-electron chi connectivity index (χ3n) is 3.73.